The number of halogens is 2. The average Bonchev–Trinajstić information content (AvgIpc) is 3.30. The molecule has 0 amide bonds. The van der Waals surface area contributed by atoms with Crippen LogP contribution in [0.2, 0.25) is 0 Å². The van der Waals surface area contributed by atoms with Gasteiger partial charge in [0.05, 0.1) is 11.6 Å². The van der Waals surface area contributed by atoms with Gasteiger partial charge >= 0.3 is 0 Å². The SMILES string of the molecule is CC1=C(c2nc(-c3cccc(F)c3)no2)C(c2ccc(F)cc2)NC(=S)N1c1ccccc1. The van der Waals surface area contributed by atoms with Crippen LogP contribution in [0.25, 0.3) is 17.0 Å². The smallest absolute Gasteiger partial charge is 0.258 e. The molecular weight excluding hydrogens is 442 g/mol. The van der Waals surface area contributed by atoms with Crippen LogP contribution in [0.3, 0.4) is 0 Å². The predicted octanol–water partition coefficient (Wildman–Crippen LogP) is 5.88. The molecule has 4 aromatic rings. The molecule has 0 fully saturated rings. The highest BCUT2D eigenvalue weighted by Gasteiger charge is 2.34. The number of nitrogens with zero attached hydrogens (tertiary/aromatic N) is 3. The van der Waals surface area contributed by atoms with Gasteiger partial charge in [-0.25, -0.2) is 8.78 Å². The van der Waals surface area contributed by atoms with Crippen LogP contribution in [0.5, 0.6) is 0 Å². The topological polar surface area (TPSA) is 54.2 Å². The average molecular weight is 461 g/mol. The van der Waals surface area contributed by atoms with E-state index in [1.807, 2.05) is 42.2 Å². The van der Waals surface area contributed by atoms with Gasteiger partial charge in [0.1, 0.15) is 11.6 Å². The van der Waals surface area contributed by atoms with Crippen molar-refractivity contribution in [3.8, 4) is 11.4 Å². The van der Waals surface area contributed by atoms with Crippen molar-refractivity contribution in [1.82, 2.24) is 15.5 Å². The Morgan fingerprint density at radius 1 is 0.939 bits per heavy atom. The first kappa shape index (κ1) is 21.0. The maximum absolute atomic E-state index is 13.7. The lowest BCUT2D eigenvalue weighted by Crippen LogP contribution is -2.46. The zero-order valence-electron chi connectivity index (χ0n) is 17.5. The fourth-order valence-electron chi connectivity index (χ4n) is 3.89. The first-order valence-electron chi connectivity index (χ1n) is 10.2. The summed E-state index contributed by atoms with van der Waals surface area (Å²) in [6, 6.07) is 21.4. The molecule has 1 aromatic heterocycles. The minimum absolute atomic E-state index is 0.261. The second-order valence-electron chi connectivity index (χ2n) is 7.54. The lowest BCUT2D eigenvalue weighted by Gasteiger charge is -2.37. The summed E-state index contributed by atoms with van der Waals surface area (Å²) in [6.45, 7) is 1.91. The highest BCUT2D eigenvalue weighted by atomic mass is 32.1. The summed E-state index contributed by atoms with van der Waals surface area (Å²) in [6.07, 6.45) is 0. The zero-order valence-corrected chi connectivity index (χ0v) is 18.3. The Labute approximate surface area is 194 Å². The van der Waals surface area contributed by atoms with Gasteiger partial charge in [0, 0.05) is 16.9 Å². The molecule has 1 atom stereocenters. The fraction of sp³-hybridized carbons (Fsp3) is 0.0800. The van der Waals surface area contributed by atoms with Gasteiger partial charge < -0.3 is 9.84 Å². The highest BCUT2D eigenvalue weighted by Crippen LogP contribution is 2.39. The van der Waals surface area contributed by atoms with Crippen LogP contribution in [-0.2, 0) is 0 Å². The van der Waals surface area contributed by atoms with Crippen LogP contribution in [0.4, 0.5) is 14.5 Å². The number of allylic oxidation sites excluding steroid dienone is 1. The van der Waals surface area contributed by atoms with Crippen molar-refractivity contribution in [3.05, 3.63) is 108 Å². The van der Waals surface area contributed by atoms with E-state index in [2.05, 4.69) is 15.5 Å². The number of para-hydroxylation sites is 1. The van der Waals surface area contributed by atoms with Crippen LogP contribution >= 0.6 is 12.2 Å². The number of aromatic nitrogens is 2. The van der Waals surface area contributed by atoms with E-state index >= 15 is 0 Å². The molecule has 1 unspecified atom stereocenters. The zero-order chi connectivity index (χ0) is 22.9. The summed E-state index contributed by atoms with van der Waals surface area (Å²) in [5.41, 5.74) is 3.63. The molecule has 0 aliphatic carbocycles. The molecule has 0 saturated heterocycles. The van der Waals surface area contributed by atoms with Crippen molar-refractivity contribution in [2.24, 2.45) is 0 Å². The summed E-state index contributed by atoms with van der Waals surface area (Å²) in [5, 5.41) is 7.88. The van der Waals surface area contributed by atoms with E-state index in [9.17, 15) is 8.78 Å². The van der Waals surface area contributed by atoms with Crippen LogP contribution in [0, 0.1) is 11.6 Å². The third kappa shape index (κ3) is 4.01. The molecule has 3 aromatic carbocycles. The Morgan fingerprint density at radius 3 is 2.42 bits per heavy atom. The minimum Gasteiger partial charge on any atom is -0.351 e. The van der Waals surface area contributed by atoms with Crippen LogP contribution in [0.15, 0.2) is 89.1 Å². The number of benzene rings is 3. The van der Waals surface area contributed by atoms with E-state index in [4.69, 9.17) is 16.7 Å². The highest BCUT2D eigenvalue weighted by molar-refractivity contribution is 7.80. The Kier molecular flexibility index (Phi) is 5.43. The second kappa shape index (κ2) is 8.55. The molecule has 2 heterocycles. The summed E-state index contributed by atoms with van der Waals surface area (Å²) in [4.78, 5) is 6.44. The maximum Gasteiger partial charge on any atom is 0.258 e. The van der Waals surface area contributed by atoms with Crippen molar-refractivity contribution in [3.63, 3.8) is 0 Å². The summed E-state index contributed by atoms with van der Waals surface area (Å²) in [7, 11) is 0. The van der Waals surface area contributed by atoms with E-state index in [1.165, 1.54) is 24.3 Å². The van der Waals surface area contributed by atoms with E-state index in [-0.39, 0.29) is 17.5 Å². The standard InChI is InChI=1S/C25H18F2N4OS/c1-15-21(24-29-23(30-32-24)17-6-5-7-19(27)14-17)22(16-10-12-18(26)13-11-16)28-25(33)31(15)20-8-3-2-4-9-20/h2-14,22H,1H3,(H,28,33). The fourth-order valence-corrected chi connectivity index (χ4v) is 4.25. The van der Waals surface area contributed by atoms with E-state index in [1.54, 1.807) is 24.3 Å². The molecule has 0 saturated carbocycles. The number of rotatable bonds is 4. The molecule has 1 aliphatic heterocycles. The minimum atomic E-state index is -0.445. The number of nitrogens with one attached hydrogen (secondary N) is 1. The molecule has 5 rings (SSSR count). The summed E-state index contributed by atoms with van der Waals surface area (Å²) < 4.78 is 33.0. The number of thiocarbonyl (C=S) groups is 1. The third-order valence-electron chi connectivity index (χ3n) is 5.44. The van der Waals surface area contributed by atoms with Crippen molar-refractivity contribution >= 4 is 28.6 Å². The molecule has 164 valence electrons. The van der Waals surface area contributed by atoms with Gasteiger partial charge in [0.25, 0.3) is 5.89 Å². The summed E-state index contributed by atoms with van der Waals surface area (Å²) >= 11 is 5.69. The lowest BCUT2D eigenvalue weighted by molar-refractivity contribution is 0.404. The van der Waals surface area contributed by atoms with Crippen LogP contribution < -0.4 is 10.2 Å². The maximum atomic E-state index is 13.7. The van der Waals surface area contributed by atoms with Crippen molar-refractivity contribution in [2.75, 3.05) is 4.90 Å². The lowest BCUT2D eigenvalue weighted by atomic mass is 9.94. The predicted molar refractivity (Wildman–Crippen MR) is 126 cm³/mol. The quantitative estimate of drug-likeness (QED) is 0.384. The molecule has 0 spiro atoms. The largest absolute Gasteiger partial charge is 0.351 e. The Morgan fingerprint density at radius 2 is 1.70 bits per heavy atom. The Bertz CT molecular complexity index is 1350. The Balaban J connectivity index is 1.65. The van der Waals surface area contributed by atoms with Gasteiger partial charge in [-0.3, -0.25) is 4.90 Å². The molecule has 0 bridgehead atoms. The van der Waals surface area contributed by atoms with Crippen molar-refractivity contribution in [2.45, 2.75) is 13.0 Å². The van der Waals surface area contributed by atoms with Gasteiger partial charge in [0.15, 0.2) is 5.11 Å². The molecule has 1 N–H and O–H groups in total. The molecule has 5 nitrogen and oxygen atoms in total. The number of anilines is 1. The van der Waals surface area contributed by atoms with Crippen LogP contribution in [-0.4, -0.2) is 15.3 Å². The first-order chi connectivity index (χ1) is 16.0. The first-order valence-corrected chi connectivity index (χ1v) is 10.6. The molecule has 8 heteroatoms. The second-order valence-corrected chi connectivity index (χ2v) is 7.92. The van der Waals surface area contributed by atoms with Crippen LogP contribution in [0.1, 0.15) is 24.4 Å². The van der Waals surface area contributed by atoms with Gasteiger partial charge in [-0.05, 0) is 61.1 Å². The number of hydrogen-bond donors (Lipinski definition) is 1. The number of hydrogen-bond acceptors (Lipinski definition) is 4. The Hall–Kier alpha value is -3.91. The monoisotopic (exact) mass is 460 g/mol. The molecule has 1 aliphatic rings. The van der Waals surface area contributed by atoms with Gasteiger partial charge in [-0.1, -0.05) is 47.6 Å². The van der Waals surface area contributed by atoms with Crippen molar-refractivity contribution < 1.29 is 13.3 Å². The molecule has 33 heavy (non-hydrogen) atoms. The third-order valence-corrected chi connectivity index (χ3v) is 5.74. The summed E-state index contributed by atoms with van der Waals surface area (Å²) in [5.74, 6) is -0.200. The van der Waals surface area contributed by atoms with E-state index < -0.39 is 11.9 Å². The van der Waals surface area contributed by atoms with E-state index in [0.717, 1.165) is 16.9 Å². The molecular formula is C25H18F2N4OS. The van der Waals surface area contributed by atoms with Crippen molar-refractivity contribution in [1.29, 1.82) is 0 Å². The van der Waals surface area contributed by atoms with Gasteiger partial charge in [-0.15, -0.1) is 0 Å². The van der Waals surface area contributed by atoms with E-state index in [0.29, 0.717) is 16.2 Å². The van der Waals surface area contributed by atoms with Gasteiger partial charge in [0.2, 0.25) is 5.82 Å². The molecule has 0 radical (unpaired) electrons. The normalized spacial score (nSPS) is 16.2. The van der Waals surface area contributed by atoms with Gasteiger partial charge in [-0.2, -0.15) is 4.98 Å².